The summed E-state index contributed by atoms with van der Waals surface area (Å²) >= 11 is 0. The van der Waals surface area contributed by atoms with Crippen LogP contribution in [-0.2, 0) is 4.79 Å². The van der Waals surface area contributed by atoms with E-state index in [1.165, 1.54) is 0 Å². The molecule has 4 aromatic rings. The lowest BCUT2D eigenvalue weighted by atomic mass is 9.93. The minimum Gasteiger partial charge on any atom is -0.302 e. The van der Waals surface area contributed by atoms with Gasteiger partial charge in [-0.1, -0.05) is 18.2 Å². The van der Waals surface area contributed by atoms with E-state index in [0.29, 0.717) is 0 Å². The van der Waals surface area contributed by atoms with Crippen LogP contribution in [-0.4, -0.2) is 21.2 Å². The summed E-state index contributed by atoms with van der Waals surface area (Å²) in [7, 11) is 0. The quantitative estimate of drug-likeness (QED) is 0.543. The average Bonchev–Trinajstić information content (AvgIpc) is 2.62. The molecule has 4 nitrogen and oxygen atoms in total. The van der Waals surface area contributed by atoms with Gasteiger partial charge in [-0.05, 0) is 42.0 Å². The number of aromatic nitrogens is 3. The minimum absolute atomic E-state index is 0.424. The third-order valence-corrected chi connectivity index (χ3v) is 3.95. The largest absolute Gasteiger partial charge is 0.302 e. The molecule has 0 spiro atoms. The molecule has 0 aliphatic carbocycles. The Labute approximate surface area is 132 Å². The number of carbonyl (C=O) groups excluding carboxylic acids is 1. The standard InChI is InChI=1S/C19H13N3O/c23-12-15(13-9-11-21-16-5-2-1-4-14(13)16)17-7-8-18-19(22-17)6-3-10-20-18/h1-12,15H. The third kappa shape index (κ3) is 2.34. The Morgan fingerprint density at radius 3 is 2.52 bits per heavy atom. The van der Waals surface area contributed by atoms with E-state index in [9.17, 15) is 4.79 Å². The highest BCUT2D eigenvalue weighted by atomic mass is 16.1. The molecule has 0 aliphatic rings. The summed E-state index contributed by atoms with van der Waals surface area (Å²) in [6.45, 7) is 0. The van der Waals surface area contributed by atoms with Gasteiger partial charge in [0.2, 0.25) is 0 Å². The zero-order valence-electron chi connectivity index (χ0n) is 12.3. The molecule has 3 heterocycles. The second kappa shape index (κ2) is 5.57. The molecule has 1 aromatic carbocycles. The number of rotatable bonds is 3. The Hall–Kier alpha value is -3.14. The summed E-state index contributed by atoms with van der Waals surface area (Å²) in [6.07, 6.45) is 4.40. The molecule has 0 fully saturated rings. The first-order valence-electron chi connectivity index (χ1n) is 7.37. The number of fused-ring (bicyclic) bond motifs is 2. The van der Waals surface area contributed by atoms with E-state index < -0.39 is 5.92 Å². The maximum Gasteiger partial charge on any atom is 0.133 e. The molecule has 0 radical (unpaired) electrons. The lowest BCUT2D eigenvalue weighted by Gasteiger charge is -2.13. The average molecular weight is 299 g/mol. The zero-order valence-corrected chi connectivity index (χ0v) is 12.3. The number of nitrogens with zero attached hydrogens (tertiary/aromatic N) is 3. The van der Waals surface area contributed by atoms with Crippen LogP contribution in [0.15, 0.2) is 67.0 Å². The van der Waals surface area contributed by atoms with Crippen LogP contribution in [0.1, 0.15) is 17.2 Å². The van der Waals surface area contributed by atoms with E-state index in [1.807, 2.05) is 54.6 Å². The van der Waals surface area contributed by atoms with E-state index in [1.54, 1.807) is 12.4 Å². The number of pyridine rings is 3. The van der Waals surface area contributed by atoms with Crippen molar-refractivity contribution < 1.29 is 4.79 Å². The van der Waals surface area contributed by atoms with Crippen molar-refractivity contribution >= 4 is 28.2 Å². The van der Waals surface area contributed by atoms with Gasteiger partial charge in [-0.3, -0.25) is 15.0 Å². The van der Waals surface area contributed by atoms with Gasteiger partial charge in [-0.25, -0.2) is 0 Å². The van der Waals surface area contributed by atoms with Crippen LogP contribution in [0.25, 0.3) is 21.9 Å². The van der Waals surface area contributed by atoms with Crippen molar-refractivity contribution in [3.05, 3.63) is 78.2 Å². The molecule has 4 heteroatoms. The van der Waals surface area contributed by atoms with Crippen molar-refractivity contribution in [2.24, 2.45) is 0 Å². The molecule has 0 saturated heterocycles. The molecule has 0 saturated carbocycles. The van der Waals surface area contributed by atoms with Crippen molar-refractivity contribution in [1.82, 2.24) is 15.0 Å². The number of hydrogen-bond donors (Lipinski definition) is 0. The van der Waals surface area contributed by atoms with Crippen molar-refractivity contribution in [3.63, 3.8) is 0 Å². The topological polar surface area (TPSA) is 55.7 Å². The summed E-state index contributed by atoms with van der Waals surface area (Å²) in [6, 6.07) is 17.2. The maximum atomic E-state index is 11.8. The van der Waals surface area contributed by atoms with Crippen LogP contribution >= 0.6 is 0 Å². The first-order valence-corrected chi connectivity index (χ1v) is 7.37. The van der Waals surface area contributed by atoms with Gasteiger partial charge in [-0.15, -0.1) is 0 Å². The van der Waals surface area contributed by atoms with Crippen molar-refractivity contribution in [3.8, 4) is 0 Å². The second-order valence-electron chi connectivity index (χ2n) is 5.31. The van der Waals surface area contributed by atoms with Crippen LogP contribution in [0.3, 0.4) is 0 Å². The normalized spacial score (nSPS) is 12.3. The highest BCUT2D eigenvalue weighted by Gasteiger charge is 2.18. The predicted molar refractivity (Wildman–Crippen MR) is 89.2 cm³/mol. The Balaban J connectivity index is 1.91. The van der Waals surface area contributed by atoms with E-state index in [4.69, 9.17) is 0 Å². The van der Waals surface area contributed by atoms with Crippen molar-refractivity contribution in [2.45, 2.75) is 5.92 Å². The minimum atomic E-state index is -0.424. The Morgan fingerprint density at radius 2 is 1.61 bits per heavy atom. The second-order valence-corrected chi connectivity index (χ2v) is 5.31. The maximum absolute atomic E-state index is 11.8. The molecule has 23 heavy (non-hydrogen) atoms. The fourth-order valence-corrected chi connectivity index (χ4v) is 2.84. The lowest BCUT2D eigenvalue weighted by Crippen LogP contribution is -2.06. The summed E-state index contributed by atoms with van der Waals surface area (Å²) < 4.78 is 0. The molecule has 4 rings (SSSR count). The Bertz CT molecular complexity index is 1010. The predicted octanol–water partition coefficient (Wildman–Crippen LogP) is 3.51. The highest BCUT2D eigenvalue weighted by molar-refractivity contribution is 5.87. The van der Waals surface area contributed by atoms with Crippen LogP contribution < -0.4 is 0 Å². The zero-order chi connectivity index (χ0) is 15.6. The van der Waals surface area contributed by atoms with E-state index in [-0.39, 0.29) is 0 Å². The first kappa shape index (κ1) is 13.5. The number of benzene rings is 1. The van der Waals surface area contributed by atoms with Crippen molar-refractivity contribution in [1.29, 1.82) is 0 Å². The fraction of sp³-hybridized carbons (Fsp3) is 0.0526. The van der Waals surface area contributed by atoms with Gasteiger partial charge >= 0.3 is 0 Å². The van der Waals surface area contributed by atoms with Gasteiger partial charge in [0.1, 0.15) is 6.29 Å². The van der Waals surface area contributed by atoms with Crippen LogP contribution in [0.4, 0.5) is 0 Å². The van der Waals surface area contributed by atoms with Gasteiger partial charge in [0.05, 0.1) is 28.2 Å². The molecule has 0 bridgehead atoms. The van der Waals surface area contributed by atoms with Crippen molar-refractivity contribution in [2.75, 3.05) is 0 Å². The molecule has 1 atom stereocenters. The number of hydrogen-bond acceptors (Lipinski definition) is 4. The summed E-state index contributed by atoms with van der Waals surface area (Å²) in [5, 5.41) is 0.972. The lowest BCUT2D eigenvalue weighted by molar-refractivity contribution is -0.108. The smallest absolute Gasteiger partial charge is 0.133 e. The Morgan fingerprint density at radius 1 is 0.783 bits per heavy atom. The monoisotopic (exact) mass is 299 g/mol. The van der Waals surface area contributed by atoms with E-state index in [0.717, 1.165) is 39.5 Å². The number of aldehydes is 1. The first-order chi connectivity index (χ1) is 11.4. The van der Waals surface area contributed by atoms with Gasteiger partial charge in [0.25, 0.3) is 0 Å². The Kier molecular flexibility index (Phi) is 3.27. The number of para-hydroxylation sites is 1. The van der Waals surface area contributed by atoms with Crippen LogP contribution in [0.2, 0.25) is 0 Å². The van der Waals surface area contributed by atoms with Crippen LogP contribution in [0.5, 0.6) is 0 Å². The van der Waals surface area contributed by atoms with Gasteiger partial charge in [0, 0.05) is 17.8 Å². The van der Waals surface area contributed by atoms with Crippen LogP contribution in [0, 0.1) is 0 Å². The summed E-state index contributed by atoms with van der Waals surface area (Å²) in [5.41, 5.74) is 4.12. The summed E-state index contributed by atoms with van der Waals surface area (Å²) in [5.74, 6) is -0.424. The molecule has 1 unspecified atom stereocenters. The molecule has 0 aliphatic heterocycles. The van der Waals surface area contributed by atoms with E-state index >= 15 is 0 Å². The summed E-state index contributed by atoms with van der Waals surface area (Å²) in [4.78, 5) is 25.1. The highest BCUT2D eigenvalue weighted by Crippen LogP contribution is 2.28. The van der Waals surface area contributed by atoms with Gasteiger partial charge in [-0.2, -0.15) is 0 Å². The molecular weight excluding hydrogens is 286 g/mol. The van der Waals surface area contributed by atoms with Gasteiger partial charge in [0.15, 0.2) is 0 Å². The fourth-order valence-electron chi connectivity index (χ4n) is 2.84. The SMILES string of the molecule is O=CC(c1ccc2ncccc2n1)c1ccnc2ccccc12. The van der Waals surface area contributed by atoms with Gasteiger partial charge < -0.3 is 4.79 Å². The third-order valence-electron chi connectivity index (χ3n) is 3.95. The molecule has 110 valence electrons. The molecule has 0 N–H and O–H groups in total. The number of carbonyl (C=O) groups is 1. The van der Waals surface area contributed by atoms with E-state index in [2.05, 4.69) is 15.0 Å². The molecule has 0 amide bonds. The molecular formula is C19H13N3O. The molecule has 3 aromatic heterocycles.